The van der Waals surface area contributed by atoms with Gasteiger partial charge in [0.1, 0.15) is 5.76 Å². The third-order valence-corrected chi connectivity index (χ3v) is 3.80. The van der Waals surface area contributed by atoms with Crippen LogP contribution in [-0.2, 0) is 4.79 Å². The van der Waals surface area contributed by atoms with Gasteiger partial charge in [-0.25, -0.2) is 0 Å². The molecule has 1 heterocycles. The number of rotatable bonds is 4. The molecule has 0 spiro atoms. The van der Waals surface area contributed by atoms with Crippen LogP contribution < -0.4 is 5.32 Å². The average Bonchev–Trinajstić information content (AvgIpc) is 3.02. The van der Waals surface area contributed by atoms with Crippen molar-refractivity contribution in [2.45, 2.75) is 19.9 Å². The van der Waals surface area contributed by atoms with Gasteiger partial charge in [-0.3, -0.25) is 4.79 Å². The molecule has 0 saturated carbocycles. The first kappa shape index (κ1) is 17.4. The predicted molar refractivity (Wildman–Crippen MR) is 99.0 cm³/mol. The lowest BCUT2D eigenvalue weighted by atomic mass is 10.1. The first-order chi connectivity index (χ1) is 12.3. The van der Waals surface area contributed by atoms with Crippen molar-refractivity contribution in [2.75, 3.05) is 0 Å². The van der Waals surface area contributed by atoms with Crippen LogP contribution in [0.25, 0.3) is 28.4 Å². The van der Waals surface area contributed by atoms with Gasteiger partial charge in [-0.05, 0) is 55.8 Å². The molecular weight excluding hydrogens is 334 g/mol. The molecule has 0 atom stereocenters. The van der Waals surface area contributed by atoms with Crippen LogP contribution in [0.4, 0.5) is 0 Å². The minimum absolute atomic E-state index is 0.0296. The van der Waals surface area contributed by atoms with Gasteiger partial charge in [-0.2, -0.15) is 0 Å². The summed E-state index contributed by atoms with van der Waals surface area (Å²) in [5, 5.41) is 32.6. The standard InChI is InChI=1S/C20H19NO5/c1-11(2)21-19(25)8-5-12-3-7-16(23)20-14(12)10-18(26-20)13-4-6-15(22)17(24)9-13/h3-11,22-24H,1-2H3,(H,21,25)/b8-5+. The van der Waals surface area contributed by atoms with E-state index in [0.717, 1.165) is 0 Å². The third kappa shape index (κ3) is 3.49. The summed E-state index contributed by atoms with van der Waals surface area (Å²) in [4.78, 5) is 11.8. The molecule has 3 rings (SSSR count). The van der Waals surface area contributed by atoms with Crippen LogP contribution in [-0.4, -0.2) is 27.3 Å². The van der Waals surface area contributed by atoms with Gasteiger partial charge < -0.3 is 25.1 Å². The second kappa shape index (κ2) is 6.84. The molecule has 1 amide bonds. The van der Waals surface area contributed by atoms with Crippen molar-refractivity contribution in [3.8, 4) is 28.6 Å². The molecule has 0 unspecified atom stereocenters. The smallest absolute Gasteiger partial charge is 0.244 e. The molecule has 0 aliphatic carbocycles. The maximum absolute atomic E-state index is 11.8. The summed E-state index contributed by atoms with van der Waals surface area (Å²) in [5.41, 5.74) is 1.53. The minimum Gasteiger partial charge on any atom is -0.504 e. The fourth-order valence-corrected chi connectivity index (χ4v) is 2.59. The van der Waals surface area contributed by atoms with Gasteiger partial charge in [0.2, 0.25) is 5.91 Å². The molecule has 3 aromatic rings. The summed E-state index contributed by atoms with van der Waals surface area (Å²) in [5.74, 6) is -0.324. The van der Waals surface area contributed by atoms with Gasteiger partial charge in [0, 0.05) is 23.1 Å². The molecule has 4 N–H and O–H groups in total. The molecule has 0 aliphatic rings. The van der Waals surface area contributed by atoms with Crippen molar-refractivity contribution in [1.29, 1.82) is 0 Å². The molecule has 0 aliphatic heterocycles. The Morgan fingerprint density at radius 1 is 1.04 bits per heavy atom. The van der Waals surface area contributed by atoms with Gasteiger partial charge >= 0.3 is 0 Å². The fourth-order valence-electron chi connectivity index (χ4n) is 2.59. The van der Waals surface area contributed by atoms with Gasteiger partial charge in [0.25, 0.3) is 0 Å². The van der Waals surface area contributed by atoms with Crippen LogP contribution in [0.15, 0.2) is 46.9 Å². The number of hydrogen-bond donors (Lipinski definition) is 4. The van der Waals surface area contributed by atoms with Crippen molar-refractivity contribution in [3.63, 3.8) is 0 Å². The summed E-state index contributed by atoms with van der Waals surface area (Å²) in [6, 6.07) is 9.24. The van der Waals surface area contributed by atoms with Crippen molar-refractivity contribution >= 4 is 23.0 Å². The Bertz CT molecular complexity index is 1000. The zero-order valence-corrected chi connectivity index (χ0v) is 14.4. The minimum atomic E-state index is -0.266. The van der Waals surface area contributed by atoms with E-state index in [9.17, 15) is 20.1 Å². The molecule has 0 bridgehead atoms. The lowest BCUT2D eigenvalue weighted by Crippen LogP contribution is -2.28. The van der Waals surface area contributed by atoms with Crippen molar-refractivity contribution in [1.82, 2.24) is 5.32 Å². The number of carbonyl (C=O) groups is 1. The quantitative estimate of drug-likeness (QED) is 0.422. The Labute approximate surface area is 150 Å². The molecule has 0 radical (unpaired) electrons. The number of fused-ring (bicyclic) bond motifs is 1. The highest BCUT2D eigenvalue weighted by Gasteiger charge is 2.14. The summed E-state index contributed by atoms with van der Waals surface area (Å²) in [7, 11) is 0. The van der Waals surface area contributed by atoms with Crippen LogP contribution in [0.5, 0.6) is 17.2 Å². The van der Waals surface area contributed by atoms with E-state index < -0.39 is 0 Å². The number of aromatic hydroxyl groups is 3. The molecule has 6 nitrogen and oxygen atoms in total. The molecule has 2 aromatic carbocycles. The maximum Gasteiger partial charge on any atom is 0.244 e. The number of hydrogen-bond acceptors (Lipinski definition) is 5. The van der Waals surface area contributed by atoms with Crippen LogP contribution in [0.2, 0.25) is 0 Å². The van der Waals surface area contributed by atoms with E-state index in [1.807, 2.05) is 13.8 Å². The van der Waals surface area contributed by atoms with Gasteiger partial charge in [-0.15, -0.1) is 0 Å². The van der Waals surface area contributed by atoms with Crippen LogP contribution in [0.3, 0.4) is 0 Å². The number of furan rings is 1. The topological polar surface area (TPSA) is 103 Å². The monoisotopic (exact) mass is 353 g/mol. The number of amides is 1. The largest absolute Gasteiger partial charge is 0.504 e. The molecule has 134 valence electrons. The summed E-state index contributed by atoms with van der Waals surface area (Å²) in [6.07, 6.45) is 3.07. The summed E-state index contributed by atoms with van der Waals surface area (Å²) < 4.78 is 5.71. The third-order valence-electron chi connectivity index (χ3n) is 3.80. The van der Waals surface area contributed by atoms with Crippen LogP contribution in [0.1, 0.15) is 19.4 Å². The first-order valence-electron chi connectivity index (χ1n) is 8.11. The first-order valence-corrected chi connectivity index (χ1v) is 8.11. The Hall–Kier alpha value is -3.41. The maximum atomic E-state index is 11.8. The van der Waals surface area contributed by atoms with Crippen molar-refractivity contribution < 1.29 is 24.5 Å². The lowest BCUT2D eigenvalue weighted by Gasteiger charge is -2.04. The Morgan fingerprint density at radius 3 is 2.46 bits per heavy atom. The second-order valence-corrected chi connectivity index (χ2v) is 6.23. The van der Waals surface area contributed by atoms with E-state index in [1.54, 1.807) is 24.3 Å². The van der Waals surface area contributed by atoms with Gasteiger partial charge in [0.15, 0.2) is 22.8 Å². The summed E-state index contributed by atoms with van der Waals surface area (Å²) >= 11 is 0. The number of phenolic OH excluding ortho intramolecular Hbond substituents is 3. The molecule has 0 fully saturated rings. The zero-order valence-electron chi connectivity index (χ0n) is 14.4. The SMILES string of the molecule is CC(C)NC(=O)/C=C/c1ccc(O)c2oc(-c3ccc(O)c(O)c3)cc12. The Kier molecular flexibility index (Phi) is 4.58. The molecule has 6 heteroatoms. The normalized spacial score (nSPS) is 11.5. The van der Waals surface area contributed by atoms with E-state index in [4.69, 9.17) is 4.42 Å². The number of nitrogens with one attached hydrogen (secondary N) is 1. The fraction of sp³-hybridized carbons (Fsp3) is 0.150. The average molecular weight is 353 g/mol. The van der Waals surface area contributed by atoms with Gasteiger partial charge in [-0.1, -0.05) is 6.07 Å². The lowest BCUT2D eigenvalue weighted by molar-refractivity contribution is -0.116. The van der Waals surface area contributed by atoms with Crippen molar-refractivity contribution in [3.05, 3.63) is 48.0 Å². The number of carbonyl (C=O) groups excluding carboxylic acids is 1. The highest BCUT2D eigenvalue weighted by atomic mass is 16.4. The number of phenols is 3. The summed E-state index contributed by atoms with van der Waals surface area (Å²) in [6.45, 7) is 3.75. The molecule has 0 saturated heterocycles. The second-order valence-electron chi connectivity index (χ2n) is 6.23. The van der Waals surface area contributed by atoms with Crippen LogP contribution in [0, 0.1) is 0 Å². The van der Waals surface area contributed by atoms with E-state index in [1.165, 1.54) is 24.3 Å². The number of benzene rings is 2. The molecule has 1 aromatic heterocycles. The zero-order chi connectivity index (χ0) is 18.8. The van der Waals surface area contributed by atoms with Gasteiger partial charge in [0.05, 0.1) is 0 Å². The molecule has 26 heavy (non-hydrogen) atoms. The molecular formula is C20H19NO5. The predicted octanol–water partition coefficient (Wildman–Crippen LogP) is 3.75. The van der Waals surface area contributed by atoms with E-state index in [0.29, 0.717) is 22.3 Å². The Morgan fingerprint density at radius 2 is 1.77 bits per heavy atom. The van der Waals surface area contributed by atoms with E-state index in [-0.39, 0.29) is 34.8 Å². The highest BCUT2D eigenvalue weighted by Crippen LogP contribution is 2.37. The van der Waals surface area contributed by atoms with Crippen LogP contribution >= 0.6 is 0 Å². The van der Waals surface area contributed by atoms with E-state index >= 15 is 0 Å². The van der Waals surface area contributed by atoms with E-state index in [2.05, 4.69) is 5.32 Å². The Balaban J connectivity index is 2.03. The van der Waals surface area contributed by atoms with Crippen molar-refractivity contribution in [2.24, 2.45) is 0 Å². The highest BCUT2D eigenvalue weighted by molar-refractivity contribution is 5.98.